The summed E-state index contributed by atoms with van der Waals surface area (Å²) >= 11 is 1.31. The molecule has 0 unspecified atom stereocenters. The lowest BCUT2D eigenvalue weighted by molar-refractivity contribution is -0.113. The number of pyridine rings is 1. The maximum atomic E-state index is 12.3. The molecule has 1 amide bonds. The van der Waals surface area contributed by atoms with E-state index in [4.69, 9.17) is 4.42 Å². The van der Waals surface area contributed by atoms with Gasteiger partial charge in [0, 0.05) is 11.9 Å². The molecule has 0 spiro atoms. The number of aryl methyl sites for hydroxylation is 1. The smallest absolute Gasteiger partial charge is 0.236 e. The summed E-state index contributed by atoms with van der Waals surface area (Å²) in [6.45, 7) is 1.88. The van der Waals surface area contributed by atoms with Crippen molar-refractivity contribution in [1.29, 1.82) is 0 Å². The molecule has 0 saturated heterocycles. The van der Waals surface area contributed by atoms with Gasteiger partial charge in [-0.1, -0.05) is 36.0 Å². The fourth-order valence-corrected chi connectivity index (χ4v) is 3.46. The highest BCUT2D eigenvalue weighted by Crippen LogP contribution is 2.30. The number of amides is 1. The van der Waals surface area contributed by atoms with E-state index in [1.54, 1.807) is 24.6 Å². The number of furan rings is 1. The Morgan fingerprint density at radius 1 is 1.11 bits per heavy atom. The normalized spacial score (nSPS) is 10.8. The number of carbonyl (C=O) groups excluding carboxylic acids is 1. The molecule has 8 heteroatoms. The van der Waals surface area contributed by atoms with Crippen LogP contribution < -0.4 is 5.32 Å². The molecule has 0 fully saturated rings. The number of carbonyl (C=O) groups is 1. The van der Waals surface area contributed by atoms with E-state index in [0.29, 0.717) is 16.8 Å². The average Bonchev–Trinajstić information content (AvgIpc) is 3.33. The molecule has 0 aliphatic heterocycles. The molecular weight excluding hydrogens is 374 g/mol. The second-order valence-corrected chi connectivity index (χ2v) is 6.86. The SMILES string of the molecule is Cc1occc1-c1nnc(SCC(=O)Nc2ccccn2)n1-c1ccccc1. The summed E-state index contributed by atoms with van der Waals surface area (Å²) in [7, 11) is 0. The summed E-state index contributed by atoms with van der Waals surface area (Å²) in [6.07, 6.45) is 3.26. The van der Waals surface area contributed by atoms with Crippen molar-refractivity contribution in [3.8, 4) is 17.1 Å². The van der Waals surface area contributed by atoms with E-state index in [-0.39, 0.29) is 11.7 Å². The van der Waals surface area contributed by atoms with E-state index >= 15 is 0 Å². The molecule has 3 aromatic heterocycles. The maximum absolute atomic E-state index is 12.3. The first-order valence-electron chi connectivity index (χ1n) is 8.61. The van der Waals surface area contributed by atoms with Crippen LogP contribution in [0.25, 0.3) is 17.1 Å². The predicted octanol–water partition coefficient (Wildman–Crippen LogP) is 3.96. The lowest BCUT2D eigenvalue weighted by atomic mass is 10.2. The third-order valence-corrected chi connectivity index (χ3v) is 4.94. The van der Waals surface area contributed by atoms with Gasteiger partial charge in [-0.15, -0.1) is 10.2 Å². The fraction of sp³-hybridized carbons (Fsp3) is 0.100. The first kappa shape index (κ1) is 18.0. The van der Waals surface area contributed by atoms with Crippen LogP contribution in [0.3, 0.4) is 0 Å². The zero-order chi connectivity index (χ0) is 19.3. The molecule has 0 aliphatic carbocycles. The Balaban J connectivity index is 1.60. The van der Waals surface area contributed by atoms with E-state index in [1.807, 2.05) is 54.0 Å². The third kappa shape index (κ3) is 3.81. The summed E-state index contributed by atoms with van der Waals surface area (Å²) in [5.74, 6) is 1.98. The van der Waals surface area contributed by atoms with Crippen LogP contribution in [0, 0.1) is 6.92 Å². The van der Waals surface area contributed by atoms with Crippen LogP contribution in [0.4, 0.5) is 5.82 Å². The van der Waals surface area contributed by atoms with Crippen LogP contribution in [0.5, 0.6) is 0 Å². The van der Waals surface area contributed by atoms with Gasteiger partial charge in [0.2, 0.25) is 5.91 Å². The van der Waals surface area contributed by atoms with Crippen LogP contribution in [0.2, 0.25) is 0 Å². The molecular formula is C20H17N5O2S. The van der Waals surface area contributed by atoms with Gasteiger partial charge in [-0.05, 0) is 37.3 Å². The minimum atomic E-state index is -0.160. The largest absolute Gasteiger partial charge is 0.469 e. The second-order valence-electron chi connectivity index (χ2n) is 5.92. The van der Waals surface area contributed by atoms with Gasteiger partial charge in [0.25, 0.3) is 0 Å². The number of nitrogens with zero attached hydrogens (tertiary/aromatic N) is 4. The van der Waals surface area contributed by atoms with Crippen molar-refractivity contribution < 1.29 is 9.21 Å². The molecule has 4 rings (SSSR count). The van der Waals surface area contributed by atoms with E-state index < -0.39 is 0 Å². The number of rotatable bonds is 6. The minimum Gasteiger partial charge on any atom is -0.469 e. The van der Waals surface area contributed by atoms with Crippen molar-refractivity contribution in [1.82, 2.24) is 19.7 Å². The standard InChI is InChI=1S/C20H17N5O2S/c1-14-16(10-12-27-14)19-23-24-20(25(19)15-7-3-2-4-8-15)28-13-18(26)22-17-9-5-6-11-21-17/h2-12H,13H2,1H3,(H,21,22,26). The zero-order valence-corrected chi connectivity index (χ0v) is 15.9. The van der Waals surface area contributed by atoms with Crippen molar-refractivity contribution in [2.24, 2.45) is 0 Å². The Kier molecular flexibility index (Phi) is 5.20. The lowest BCUT2D eigenvalue weighted by Crippen LogP contribution is -2.15. The van der Waals surface area contributed by atoms with E-state index in [9.17, 15) is 4.79 Å². The number of hydrogen-bond donors (Lipinski definition) is 1. The number of nitrogens with one attached hydrogen (secondary N) is 1. The topological polar surface area (TPSA) is 85.8 Å². The Morgan fingerprint density at radius 3 is 2.64 bits per heavy atom. The van der Waals surface area contributed by atoms with Crippen LogP contribution in [0.1, 0.15) is 5.76 Å². The van der Waals surface area contributed by atoms with Crippen LogP contribution in [0.15, 0.2) is 76.6 Å². The first-order valence-corrected chi connectivity index (χ1v) is 9.60. The van der Waals surface area contributed by atoms with Crippen LogP contribution >= 0.6 is 11.8 Å². The van der Waals surface area contributed by atoms with Crippen LogP contribution in [-0.4, -0.2) is 31.4 Å². The van der Waals surface area contributed by atoms with Gasteiger partial charge >= 0.3 is 0 Å². The zero-order valence-electron chi connectivity index (χ0n) is 15.1. The van der Waals surface area contributed by atoms with Gasteiger partial charge in [0.15, 0.2) is 11.0 Å². The number of hydrogen-bond acceptors (Lipinski definition) is 6. The maximum Gasteiger partial charge on any atom is 0.236 e. The van der Waals surface area contributed by atoms with Gasteiger partial charge in [-0.2, -0.15) is 0 Å². The second kappa shape index (κ2) is 8.10. The number of para-hydroxylation sites is 1. The quantitative estimate of drug-likeness (QED) is 0.501. The summed E-state index contributed by atoms with van der Waals surface area (Å²) in [4.78, 5) is 16.4. The van der Waals surface area contributed by atoms with Gasteiger partial charge in [-0.3, -0.25) is 9.36 Å². The minimum absolute atomic E-state index is 0.160. The lowest BCUT2D eigenvalue weighted by Gasteiger charge is -2.10. The molecule has 4 aromatic rings. The number of benzene rings is 1. The van der Waals surface area contributed by atoms with Gasteiger partial charge < -0.3 is 9.73 Å². The Labute approximate surface area is 165 Å². The number of aromatic nitrogens is 4. The fourth-order valence-electron chi connectivity index (χ4n) is 2.71. The summed E-state index contributed by atoms with van der Waals surface area (Å²) < 4.78 is 7.35. The molecule has 0 atom stereocenters. The molecule has 140 valence electrons. The van der Waals surface area contributed by atoms with Crippen molar-refractivity contribution in [2.45, 2.75) is 12.1 Å². The van der Waals surface area contributed by atoms with E-state index in [1.165, 1.54) is 11.8 Å². The van der Waals surface area contributed by atoms with E-state index in [0.717, 1.165) is 17.0 Å². The van der Waals surface area contributed by atoms with Gasteiger partial charge in [0.05, 0.1) is 17.6 Å². The number of anilines is 1. The van der Waals surface area contributed by atoms with Crippen molar-refractivity contribution in [3.63, 3.8) is 0 Å². The van der Waals surface area contributed by atoms with E-state index in [2.05, 4.69) is 20.5 Å². The molecule has 0 aliphatic rings. The highest BCUT2D eigenvalue weighted by atomic mass is 32.2. The highest BCUT2D eigenvalue weighted by molar-refractivity contribution is 7.99. The van der Waals surface area contributed by atoms with Gasteiger partial charge in [-0.25, -0.2) is 4.98 Å². The Hall–Kier alpha value is -3.39. The van der Waals surface area contributed by atoms with Crippen molar-refractivity contribution in [2.75, 3.05) is 11.1 Å². The molecule has 1 aromatic carbocycles. The van der Waals surface area contributed by atoms with Crippen molar-refractivity contribution >= 4 is 23.5 Å². The summed E-state index contributed by atoms with van der Waals surface area (Å²) in [6, 6.07) is 17.0. The monoisotopic (exact) mass is 391 g/mol. The molecule has 0 saturated carbocycles. The molecule has 3 heterocycles. The van der Waals surface area contributed by atoms with Crippen LogP contribution in [-0.2, 0) is 4.79 Å². The summed E-state index contributed by atoms with van der Waals surface area (Å²) in [5.41, 5.74) is 1.77. The van der Waals surface area contributed by atoms with Crippen molar-refractivity contribution in [3.05, 3.63) is 72.8 Å². The molecule has 1 N–H and O–H groups in total. The molecule has 28 heavy (non-hydrogen) atoms. The predicted molar refractivity (Wildman–Crippen MR) is 107 cm³/mol. The Bertz CT molecular complexity index is 1080. The highest BCUT2D eigenvalue weighted by Gasteiger charge is 2.19. The Morgan fingerprint density at radius 2 is 1.93 bits per heavy atom. The molecule has 0 bridgehead atoms. The molecule has 7 nitrogen and oxygen atoms in total. The van der Waals surface area contributed by atoms with Gasteiger partial charge in [0.1, 0.15) is 11.6 Å². The first-order chi connectivity index (χ1) is 13.7. The summed E-state index contributed by atoms with van der Waals surface area (Å²) in [5, 5.41) is 12.0. The molecule has 0 radical (unpaired) electrons. The average molecular weight is 391 g/mol. The number of thioether (sulfide) groups is 1. The third-order valence-electron chi connectivity index (χ3n) is 4.01.